The Bertz CT molecular complexity index is 384. The van der Waals surface area contributed by atoms with Crippen LogP contribution in [0.2, 0.25) is 0 Å². The Balaban J connectivity index is 2.66. The lowest BCUT2D eigenvalue weighted by Crippen LogP contribution is -2.33. The molecule has 0 spiro atoms. The number of aliphatic hydroxyl groups excluding tert-OH is 1. The number of carboxylic acid groups (broad SMARTS) is 1. The van der Waals surface area contributed by atoms with Gasteiger partial charge in [0.25, 0.3) is 0 Å². The highest BCUT2D eigenvalue weighted by atomic mass is 16.5. The molecule has 6 heteroatoms. The van der Waals surface area contributed by atoms with E-state index in [-0.39, 0.29) is 19.8 Å². The van der Waals surface area contributed by atoms with Crippen LogP contribution in [0.3, 0.4) is 0 Å². The molecular weight excluding hydrogens is 236 g/mol. The summed E-state index contributed by atoms with van der Waals surface area (Å²) in [6.45, 7) is 0.789. The van der Waals surface area contributed by atoms with E-state index in [0.717, 1.165) is 0 Å². The smallest absolute Gasteiger partial charge is 0.323 e. The zero-order valence-electron chi connectivity index (χ0n) is 10.1. The maximum atomic E-state index is 10.8. The topological polar surface area (TPSA) is 96.0 Å². The lowest BCUT2D eigenvalue weighted by atomic mass is 10.2. The van der Waals surface area contributed by atoms with Crippen molar-refractivity contribution in [2.24, 2.45) is 0 Å². The Morgan fingerprint density at radius 1 is 1.33 bits per heavy atom. The summed E-state index contributed by atoms with van der Waals surface area (Å²) in [7, 11) is 0. The van der Waals surface area contributed by atoms with Crippen molar-refractivity contribution < 1.29 is 19.7 Å². The predicted octanol–water partition coefficient (Wildman–Crippen LogP) is 0.169. The zero-order chi connectivity index (χ0) is 13.4. The van der Waals surface area contributed by atoms with Gasteiger partial charge in [-0.15, -0.1) is 0 Å². The number of anilines is 2. The number of nitrogen functional groups attached to an aromatic ring is 1. The number of para-hydroxylation sites is 2. The molecule has 1 aromatic carbocycles. The second-order valence-electron chi connectivity index (χ2n) is 3.71. The van der Waals surface area contributed by atoms with Gasteiger partial charge in [-0.3, -0.25) is 4.79 Å². The highest BCUT2D eigenvalue weighted by Gasteiger charge is 2.12. The van der Waals surface area contributed by atoms with Gasteiger partial charge in [0.15, 0.2) is 0 Å². The standard InChI is InChI=1S/C12H18N2O4/c13-10-3-1-2-4-11(10)14(9-12(16)17)5-7-18-8-6-15/h1-4,15H,5-9,13H2,(H,16,17). The minimum absolute atomic E-state index is 0.0492. The van der Waals surface area contributed by atoms with E-state index in [4.69, 9.17) is 20.7 Å². The molecule has 0 amide bonds. The molecule has 1 aromatic rings. The molecule has 0 aromatic heterocycles. The lowest BCUT2D eigenvalue weighted by Gasteiger charge is -2.24. The Morgan fingerprint density at radius 3 is 2.67 bits per heavy atom. The first-order valence-corrected chi connectivity index (χ1v) is 5.65. The highest BCUT2D eigenvalue weighted by molar-refractivity contribution is 5.77. The second kappa shape index (κ2) is 7.52. The number of hydrogen-bond donors (Lipinski definition) is 3. The van der Waals surface area contributed by atoms with Gasteiger partial charge in [-0.05, 0) is 12.1 Å². The number of benzene rings is 1. The third-order valence-corrected chi connectivity index (χ3v) is 2.34. The molecule has 0 fully saturated rings. The van der Waals surface area contributed by atoms with E-state index >= 15 is 0 Å². The summed E-state index contributed by atoms with van der Waals surface area (Å²) in [6, 6.07) is 7.08. The third kappa shape index (κ3) is 4.60. The van der Waals surface area contributed by atoms with E-state index in [1.165, 1.54) is 0 Å². The molecule has 0 aliphatic rings. The zero-order valence-corrected chi connectivity index (χ0v) is 10.1. The van der Waals surface area contributed by atoms with Gasteiger partial charge in [0.2, 0.25) is 0 Å². The fourth-order valence-corrected chi connectivity index (χ4v) is 1.56. The molecule has 0 aliphatic heterocycles. The van der Waals surface area contributed by atoms with E-state index < -0.39 is 5.97 Å². The molecule has 0 bridgehead atoms. The van der Waals surface area contributed by atoms with Crippen LogP contribution in [0.5, 0.6) is 0 Å². The maximum absolute atomic E-state index is 10.8. The van der Waals surface area contributed by atoms with Crippen LogP contribution in [-0.4, -0.2) is 49.1 Å². The summed E-state index contributed by atoms with van der Waals surface area (Å²) < 4.78 is 5.13. The Hall–Kier alpha value is -1.79. The van der Waals surface area contributed by atoms with Crippen molar-refractivity contribution in [3.05, 3.63) is 24.3 Å². The molecule has 6 nitrogen and oxygen atoms in total. The van der Waals surface area contributed by atoms with Crippen LogP contribution in [0.15, 0.2) is 24.3 Å². The minimum atomic E-state index is -0.930. The fourth-order valence-electron chi connectivity index (χ4n) is 1.56. The van der Waals surface area contributed by atoms with Gasteiger partial charge in [0.05, 0.1) is 31.2 Å². The number of carboxylic acids is 1. The summed E-state index contributed by atoms with van der Waals surface area (Å²) in [6.07, 6.45) is 0. The van der Waals surface area contributed by atoms with Crippen LogP contribution in [0, 0.1) is 0 Å². The van der Waals surface area contributed by atoms with Gasteiger partial charge < -0.3 is 25.6 Å². The molecule has 4 N–H and O–H groups in total. The van der Waals surface area contributed by atoms with Crippen molar-refractivity contribution >= 4 is 17.3 Å². The van der Waals surface area contributed by atoms with E-state index in [1.54, 1.807) is 29.2 Å². The largest absolute Gasteiger partial charge is 0.480 e. The van der Waals surface area contributed by atoms with Gasteiger partial charge in [-0.1, -0.05) is 12.1 Å². The molecular formula is C12H18N2O4. The van der Waals surface area contributed by atoms with Crippen molar-refractivity contribution in [2.75, 3.05) is 43.5 Å². The van der Waals surface area contributed by atoms with Crippen molar-refractivity contribution in [3.8, 4) is 0 Å². The van der Waals surface area contributed by atoms with Crippen LogP contribution in [-0.2, 0) is 9.53 Å². The number of nitrogens with zero attached hydrogens (tertiary/aromatic N) is 1. The first-order valence-electron chi connectivity index (χ1n) is 5.65. The van der Waals surface area contributed by atoms with Gasteiger partial charge in [0.1, 0.15) is 6.54 Å². The lowest BCUT2D eigenvalue weighted by molar-refractivity contribution is -0.135. The van der Waals surface area contributed by atoms with Crippen molar-refractivity contribution in [3.63, 3.8) is 0 Å². The van der Waals surface area contributed by atoms with Crippen LogP contribution in [0.4, 0.5) is 11.4 Å². The summed E-state index contributed by atoms with van der Waals surface area (Å²) in [5.41, 5.74) is 7.01. The van der Waals surface area contributed by atoms with Gasteiger partial charge in [0, 0.05) is 6.54 Å². The molecule has 0 saturated carbocycles. The molecule has 0 atom stereocenters. The number of ether oxygens (including phenoxy) is 1. The quantitative estimate of drug-likeness (QED) is 0.452. The fraction of sp³-hybridized carbons (Fsp3) is 0.417. The molecule has 0 radical (unpaired) electrons. The maximum Gasteiger partial charge on any atom is 0.323 e. The monoisotopic (exact) mass is 254 g/mol. The van der Waals surface area contributed by atoms with E-state index in [0.29, 0.717) is 24.5 Å². The number of carbonyl (C=O) groups is 1. The summed E-state index contributed by atoms with van der Waals surface area (Å²) in [5, 5.41) is 17.5. The van der Waals surface area contributed by atoms with Gasteiger partial charge in [-0.2, -0.15) is 0 Å². The van der Waals surface area contributed by atoms with Crippen LogP contribution < -0.4 is 10.6 Å². The van der Waals surface area contributed by atoms with Crippen LogP contribution in [0.1, 0.15) is 0 Å². The summed E-state index contributed by atoms with van der Waals surface area (Å²) >= 11 is 0. The Kier molecular flexibility index (Phi) is 5.96. The molecule has 0 heterocycles. The third-order valence-electron chi connectivity index (χ3n) is 2.34. The minimum Gasteiger partial charge on any atom is -0.480 e. The van der Waals surface area contributed by atoms with Crippen molar-refractivity contribution in [1.29, 1.82) is 0 Å². The molecule has 0 saturated heterocycles. The Morgan fingerprint density at radius 2 is 2.06 bits per heavy atom. The normalized spacial score (nSPS) is 10.3. The Labute approximate surface area is 106 Å². The molecule has 0 unspecified atom stereocenters. The molecule has 18 heavy (non-hydrogen) atoms. The number of hydrogen-bond acceptors (Lipinski definition) is 5. The molecule has 1 rings (SSSR count). The predicted molar refractivity (Wildman–Crippen MR) is 68.6 cm³/mol. The molecule has 0 aliphatic carbocycles. The first-order chi connectivity index (χ1) is 8.65. The van der Waals surface area contributed by atoms with Crippen molar-refractivity contribution in [2.45, 2.75) is 0 Å². The number of aliphatic hydroxyl groups is 1. The highest BCUT2D eigenvalue weighted by Crippen LogP contribution is 2.21. The average molecular weight is 254 g/mol. The summed E-state index contributed by atoms with van der Waals surface area (Å²) in [4.78, 5) is 12.5. The van der Waals surface area contributed by atoms with Crippen LogP contribution in [0.25, 0.3) is 0 Å². The second-order valence-corrected chi connectivity index (χ2v) is 3.71. The van der Waals surface area contributed by atoms with Crippen LogP contribution >= 0.6 is 0 Å². The number of aliphatic carboxylic acids is 1. The first kappa shape index (κ1) is 14.3. The van der Waals surface area contributed by atoms with Gasteiger partial charge in [-0.25, -0.2) is 0 Å². The van der Waals surface area contributed by atoms with E-state index in [9.17, 15) is 4.79 Å². The number of rotatable bonds is 8. The van der Waals surface area contributed by atoms with E-state index in [2.05, 4.69) is 0 Å². The molecule has 100 valence electrons. The van der Waals surface area contributed by atoms with Gasteiger partial charge >= 0.3 is 5.97 Å². The average Bonchev–Trinajstić information content (AvgIpc) is 2.33. The summed E-state index contributed by atoms with van der Waals surface area (Å²) in [5.74, 6) is -0.930. The SMILES string of the molecule is Nc1ccccc1N(CCOCCO)CC(=O)O. The number of nitrogens with two attached hydrogens (primary N) is 1. The van der Waals surface area contributed by atoms with E-state index in [1.807, 2.05) is 0 Å². The van der Waals surface area contributed by atoms with Crippen molar-refractivity contribution in [1.82, 2.24) is 0 Å².